The molecule has 2 aliphatic heterocycles. The quantitative estimate of drug-likeness (QED) is 0.868. The number of piperidine rings is 1. The van der Waals surface area contributed by atoms with Gasteiger partial charge in [-0.15, -0.1) is 0 Å². The van der Waals surface area contributed by atoms with E-state index in [0.717, 1.165) is 6.54 Å². The zero-order valence-electron chi connectivity index (χ0n) is 11.3. The van der Waals surface area contributed by atoms with Crippen molar-refractivity contribution in [1.82, 2.24) is 10.3 Å². The molecule has 1 atom stereocenters. The van der Waals surface area contributed by atoms with Crippen LogP contribution in [-0.4, -0.2) is 24.6 Å². The molecule has 0 bridgehead atoms. The van der Waals surface area contributed by atoms with Gasteiger partial charge >= 0.3 is 0 Å². The molecule has 0 aromatic carbocycles. The second-order valence-electron chi connectivity index (χ2n) is 5.61. The number of aromatic nitrogens is 1. The normalized spacial score (nSPS) is 24.5. The van der Waals surface area contributed by atoms with Crippen LogP contribution in [0.2, 0.25) is 0 Å². The lowest BCUT2D eigenvalue weighted by molar-refractivity contribution is 0.571. The molecule has 3 rings (SSSR count). The Bertz CT molecular complexity index is 404. The number of hydrogen-bond donors (Lipinski definition) is 1. The van der Waals surface area contributed by atoms with Gasteiger partial charge in [0.25, 0.3) is 0 Å². The van der Waals surface area contributed by atoms with E-state index in [1.54, 1.807) is 0 Å². The molecule has 3 nitrogen and oxygen atoms in total. The van der Waals surface area contributed by atoms with Crippen LogP contribution in [0.5, 0.6) is 0 Å². The summed E-state index contributed by atoms with van der Waals surface area (Å²) in [5.74, 6) is 1.21. The van der Waals surface area contributed by atoms with Gasteiger partial charge in [0.15, 0.2) is 0 Å². The maximum absolute atomic E-state index is 4.73. The highest BCUT2D eigenvalue weighted by molar-refractivity contribution is 5.48. The Morgan fingerprint density at radius 3 is 2.72 bits per heavy atom. The Labute approximate surface area is 110 Å². The van der Waals surface area contributed by atoms with E-state index < -0.39 is 0 Å². The van der Waals surface area contributed by atoms with E-state index in [2.05, 4.69) is 29.4 Å². The van der Waals surface area contributed by atoms with Gasteiger partial charge in [-0.3, -0.25) is 0 Å². The first-order valence-corrected chi connectivity index (χ1v) is 7.29. The van der Waals surface area contributed by atoms with Crippen LogP contribution in [0.15, 0.2) is 12.3 Å². The molecule has 0 amide bonds. The van der Waals surface area contributed by atoms with E-state index in [0.29, 0.717) is 6.04 Å². The van der Waals surface area contributed by atoms with Crippen LogP contribution >= 0.6 is 0 Å². The molecule has 98 valence electrons. The molecule has 1 unspecified atom stereocenters. The number of anilines is 1. The second-order valence-corrected chi connectivity index (χ2v) is 5.61. The number of rotatable bonds is 2. The Hall–Kier alpha value is -1.09. The van der Waals surface area contributed by atoms with Crippen molar-refractivity contribution in [2.24, 2.45) is 0 Å². The fourth-order valence-corrected chi connectivity index (χ4v) is 3.19. The maximum Gasteiger partial charge on any atom is 0.131 e. The van der Waals surface area contributed by atoms with Crippen molar-refractivity contribution in [3.05, 3.63) is 23.4 Å². The van der Waals surface area contributed by atoms with E-state index in [9.17, 15) is 0 Å². The Kier molecular flexibility index (Phi) is 3.50. The van der Waals surface area contributed by atoms with Gasteiger partial charge in [0, 0.05) is 25.3 Å². The number of pyridine rings is 1. The minimum atomic E-state index is 0.534. The third-order valence-electron chi connectivity index (χ3n) is 4.19. The standard InChI is InChI=1S/C15H23N3/c1-12-10-13(14-6-5-7-16-14)11-17-15(12)18-8-3-2-4-9-18/h10-11,14,16H,2-9H2,1H3. The van der Waals surface area contributed by atoms with Crippen molar-refractivity contribution >= 4 is 5.82 Å². The van der Waals surface area contributed by atoms with E-state index >= 15 is 0 Å². The minimum Gasteiger partial charge on any atom is -0.356 e. The number of nitrogens with zero attached hydrogens (tertiary/aromatic N) is 2. The van der Waals surface area contributed by atoms with Crippen LogP contribution in [-0.2, 0) is 0 Å². The van der Waals surface area contributed by atoms with Crippen molar-refractivity contribution in [1.29, 1.82) is 0 Å². The molecule has 1 aromatic heterocycles. The Morgan fingerprint density at radius 1 is 1.22 bits per heavy atom. The smallest absolute Gasteiger partial charge is 0.131 e. The van der Waals surface area contributed by atoms with Crippen molar-refractivity contribution in [3.8, 4) is 0 Å². The molecular weight excluding hydrogens is 222 g/mol. The monoisotopic (exact) mass is 245 g/mol. The predicted octanol–water partition coefficient (Wildman–Crippen LogP) is 2.80. The molecule has 0 radical (unpaired) electrons. The van der Waals surface area contributed by atoms with Gasteiger partial charge in [0.1, 0.15) is 5.82 Å². The van der Waals surface area contributed by atoms with Gasteiger partial charge in [-0.2, -0.15) is 0 Å². The lowest BCUT2D eigenvalue weighted by Crippen LogP contribution is -2.30. The third kappa shape index (κ3) is 2.37. The van der Waals surface area contributed by atoms with Crippen molar-refractivity contribution in [3.63, 3.8) is 0 Å². The molecule has 2 saturated heterocycles. The van der Waals surface area contributed by atoms with Gasteiger partial charge in [0.2, 0.25) is 0 Å². The summed E-state index contributed by atoms with van der Waals surface area (Å²) >= 11 is 0. The molecule has 1 N–H and O–H groups in total. The van der Waals surface area contributed by atoms with E-state index in [4.69, 9.17) is 4.98 Å². The summed E-state index contributed by atoms with van der Waals surface area (Å²) < 4.78 is 0. The molecular formula is C15H23N3. The summed E-state index contributed by atoms with van der Waals surface area (Å²) in [6, 6.07) is 2.87. The van der Waals surface area contributed by atoms with Crippen LogP contribution in [0.1, 0.15) is 49.3 Å². The molecule has 2 fully saturated rings. The van der Waals surface area contributed by atoms with Crippen LogP contribution in [0.4, 0.5) is 5.82 Å². The summed E-state index contributed by atoms with van der Waals surface area (Å²) in [7, 11) is 0. The summed E-state index contributed by atoms with van der Waals surface area (Å²) in [5, 5.41) is 3.55. The van der Waals surface area contributed by atoms with E-state index in [-0.39, 0.29) is 0 Å². The predicted molar refractivity (Wildman–Crippen MR) is 75.0 cm³/mol. The van der Waals surface area contributed by atoms with E-state index in [1.165, 1.54) is 62.1 Å². The highest BCUT2D eigenvalue weighted by Crippen LogP contribution is 2.27. The number of nitrogens with one attached hydrogen (secondary N) is 1. The molecule has 1 aromatic rings. The van der Waals surface area contributed by atoms with Crippen LogP contribution in [0.3, 0.4) is 0 Å². The largest absolute Gasteiger partial charge is 0.356 e. The second kappa shape index (κ2) is 5.27. The zero-order chi connectivity index (χ0) is 12.4. The topological polar surface area (TPSA) is 28.2 Å². The lowest BCUT2D eigenvalue weighted by atomic mass is 10.0. The lowest BCUT2D eigenvalue weighted by Gasteiger charge is -2.29. The molecule has 0 spiro atoms. The fourth-order valence-electron chi connectivity index (χ4n) is 3.19. The molecule has 0 aliphatic carbocycles. The first-order chi connectivity index (χ1) is 8.84. The highest BCUT2D eigenvalue weighted by atomic mass is 15.2. The summed E-state index contributed by atoms with van der Waals surface area (Å²) in [4.78, 5) is 7.18. The Balaban J connectivity index is 1.79. The molecule has 18 heavy (non-hydrogen) atoms. The van der Waals surface area contributed by atoms with Gasteiger partial charge in [-0.25, -0.2) is 4.98 Å². The van der Waals surface area contributed by atoms with Crippen LogP contribution in [0.25, 0.3) is 0 Å². The summed E-state index contributed by atoms with van der Waals surface area (Å²) in [6.45, 7) is 5.71. The average Bonchev–Trinajstić information content (AvgIpc) is 2.93. The van der Waals surface area contributed by atoms with Crippen LogP contribution in [0, 0.1) is 6.92 Å². The van der Waals surface area contributed by atoms with E-state index in [1.807, 2.05) is 0 Å². The third-order valence-corrected chi connectivity index (χ3v) is 4.19. The maximum atomic E-state index is 4.73. The molecule has 0 saturated carbocycles. The average molecular weight is 245 g/mol. The number of aryl methyl sites for hydroxylation is 1. The first kappa shape index (κ1) is 12.0. The van der Waals surface area contributed by atoms with Crippen molar-refractivity contribution < 1.29 is 0 Å². The Morgan fingerprint density at radius 2 is 2.06 bits per heavy atom. The van der Waals surface area contributed by atoms with Gasteiger partial charge in [0.05, 0.1) is 0 Å². The summed E-state index contributed by atoms with van der Waals surface area (Å²) in [6.07, 6.45) is 8.63. The molecule has 2 aliphatic rings. The van der Waals surface area contributed by atoms with Gasteiger partial charge in [-0.1, -0.05) is 0 Å². The molecule has 3 heterocycles. The number of hydrogen-bond acceptors (Lipinski definition) is 3. The van der Waals surface area contributed by atoms with Gasteiger partial charge in [-0.05, 0) is 62.8 Å². The highest BCUT2D eigenvalue weighted by Gasteiger charge is 2.19. The SMILES string of the molecule is Cc1cc(C2CCCN2)cnc1N1CCCCC1. The van der Waals surface area contributed by atoms with Gasteiger partial charge < -0.3 is 10.2 Å². The minimum absolute atomic E-state index is 0.534. The first-order valence-electron chi connectivity index (χ1n) is 7.29. The van der Waals surface area contributed by atoms with Crippen molar-refractivity contribution in [2.45, 2.75) is 45.1 Å². The zero-order valence-corrected chi connectivity index (χ0v) is 11.3. The fraction of sp³-hybridized carbons (Fsp3) is 0.667. The van der Waals surface area contributed by atoms with Crippen molar-refractivity contribution in [2.75, 3.05) is 24.5 Å². The van der Waals surface area contributed by atoms with Crippen LogP contribution < -0.4 is 10.2 Å². The summed E-state index contributed by atoms with van der Waals surface area (Å²) in [5.41, 5.74) is 2.70. The molecule has 3 heteroatoms.